The van der Waals surface area contributed by atoms with Crippen LogP contribution in [0.4, 0.5) is 0 Å². The van der Waals surface area contributed by atoms with Crippen LogP contribution in [-0.2, 0) is 31.9 Å². The quantitative estimate of drug-likeness (QED) is 0.643. The monoisotopic (exact) mass is 411 g/mol. The zero-order valence-electron chi connectivity index (χ0n) is 18.2. The van der Waals surface area contributed by atoms with E-state index in [0.29, 0.717) is 0 Å². The molecule has 2 heterocycles. The number of rotatable bonds is 7. The molecule has 160 valence electrons. The van der Waals surface area contributed by atoms with Crippen molar-refractivity contribution in [2.45, 2.75) is 46.2 Å². The van der Waals surface area contributed by atoms with E-state index in [0.717, 1.165) is 23.0 Å². The van der Waals surface area contributed by atoms with Gasteiger partial charge in [-0.2, -0.15) is 0 Å². The van der Waals surface area contributed by atoms with Gasteiger partial charge >= 0.3 is 5.69 Å². The van der Waals surface area contributed by atoms with Crippen LogP contribution in [0.1, 0.15) is 44.4 Å². The number of nitrogens with one attached hydrogen (secondary N) is 1. The van der Waals surface area contributed by atoms with Crippen LogP contribution in [0.2, 0.25) is 0 Å². The van der Waals surface area contributed by atoms with Crippen LogP contribution >= 0.6 is 0 Å². The van der Waals surface area contributed by atoms with Crippen LogP contribution in [0, 0.1) is 5.92 Å². The third-order valence-electron chi connectivity index (χ3n) is 5.39. The second-order valence-electron chi connectivity index (χ2n) is 8.03. The van der Waals surface area contributed by atoms with Gasteiger partial charge in [0.05, 0.1) is 12.4 Å². The van der Waals surface area contributed by atoms with Gasteiger partial charge in [0, 0.05) is 14.1 Å². The van der Waals surface area contributed by atoms with Crippen molar-refractivity contribution in [3.05, 3.63) is 62.6 Å². The number of benzene rings is 1. The van der Waals surface area contributed by atoms with Gasteiger partial charge in [-0.15, -0.1) is 0 Å². The molecule has 30 heavy (non-hydrogen) atoms. The molecule has 0 saturated heterocycles. The Morgan fingerprint density at radius 1 is 1.10 bits per heavy atom. The first-order chi connectivity index (χ1) is 14.2. The van der Waals surface area contributed by atoms with Crippen LogP contribution in [0.25, 0.3) is 11.2 Å². The molecule has 3 aromatic rings. The Labute approximate surface area is 175 Å². The maximum absolute atomic E-state index is 12.8. The van der Waals surface area contributed by atoms with E-state index >= 15 is 0 Å². The molecule has 0 radical (unpaired) electrons. The van der Waals surface area contributed by atoms with E-state index in [4.69, 9.17) is 0 Å². The van der Waals surface area contributed by atoms with E-state index in [1.165, 1.54) is 28.1 Å². The molecule has 8 heteroatoms. The number of hydrogen-bond donors (Lipinski definition) is 1. The van der Waals surface area contributed by atoms with Crippen LogP contribution in [0.5, 0.6) is 0 Å². The molecule has 0 saturated carbocycles. The van der Waals surface area contributed by atoms with E-state index in [-0.39, 0.29) is 35.6 Å². The number of carbonyl (C=O) groups is 1. The van der Waals surface area contributed by atoms with Crippen LogP contribution in [0.15, 0.2) is 40.2 Å². The highest BCUT2D eigenvalue weighted by atomic mass is 16.2. The van der Waals surface area contributed by atoms with Crippen molar-refractivity contribution >= 4 is 17.1 Å². The summed E-state index contributed by atoms with van der Waals surface area (Å²) in [5.41, 5.74) is 1.91. The molecular weight excluding hydrogens is 382 g/mol. The average Bonchev–Trinajstić information content (AvgIpc) is 3.13. The van der Waals surface area contributed by atoms with Crippen molar-refractivity contribution in [3.8, 4) is 0 Å². The average molecular weight is 412 g/mol. The molecule has 1 unspecified atom stereocenters. The highest BCUT2D eigenvalue weighted by molar-refractivity contribution is 5.79. The second kappa shape index (κ2) is 8.69. The zero-order chi connectivity index (χ0) is 22.0. The van der Waals surface area contributed by atoms with Crippen molar-refractivity contribution in [3.63, 3.8) is 0 Å². The van der Waals surface area contributed by atoms with Gasteiger partial charge in [-0.1, -0.05) is 51.5 Å². The van der Waals surface area contributed by atoms with Crippen molar-refractivity contribution in [1.29, 1.82) is 0 Å². The highest BCUT2D eigenvalue weighted by Crippen LogP contribution is 2.22. The Hall–Kier alpha value is -3.16. The summed E-state index contributed by atoms with van der Waals surface area (Å²) in [6.07, 6.45) is 3.55. The molecular formula is C22H29N5O3. The van der Waals surface area contributed by atoms with Crippen molar-refractivity contribution in [1.82, 2.24) is 24.0 Å². The first-order valence-electron chi connectivity index (χ1n) is 10.2. The number of carbonyl (C=O) groups excluding carboxylic acids is 1. The fraction of sp³-hybridized carbons (Fsp3) is 0.455. The lowest BCUT2D eigenvalue weighted by molar-refractivity contribution is -0.122. The molecule has 1 N–H and O–H groups in total. The Kier molecular flexibility index (Phi) is 6.24. The Bertz CT molecular complexity index is 1170. The minimum absolute atomic E-state index is 0.0545. The molecule has 0 spiro atoms. The van der Waals surface area contributed by atoms with Crippen molar-refractivity contribution < 1.29 is 4.79 Å². The largest absolute Gasteiger partial charge is 0.347 e. The lowest BCUT2D eigenvalue weighted by Crippen LogP contribution is -2.38. The Morgan fingerprint density at radius 2 is 1.77 bits per heavy atom. The van der Waals surface area contributed by atoms with Crippen molar-refractivity contribution in [2.24, 2.45) is 20.0 Å². The molecule has 0 aliphatic carbocycles. The van der Waals surface area contributed by atoms with E-state index in [9.17, 15) is 14.4 Å². The highest BCUT2D eigenvalue weighted by Gasteiger charge is 2.20. The summed E-state index contributed by atoms with van der Waals surface area (Å²) in [6, 6.07) is 8.19. The molecule has 2 aromatic heterocycles. The molecule has 1 atom stereocenters. The minimum Gasteiger partial charge on any atom is -0.347 e. The lowest BCUT2D eigenvalue weighted by Gasteiger charge is -2.23. The number of imidazole rings is 1. The van der Waals surface area contributed by atoms with Gasteiger partial charge in [-0.3, -0.25) is 18.7 Å². The summed E-state index contributed by atoms with van der Waals surface area (Å²) in [7, 11) is 2.97. The number of fused-ring (bicyclic) bond motifs is 1. The van der Waals surface area contributed by atoms with Gasteiger partial charge < -0.3 is 9.88 Å². The van der Waals surface area contributed by atoms with Crippen LogP contribution in [-0.4, -0.2) is 24.6 Å². The summed E-state index contributed by atoms with van der Waals surface area (Å²) in [6.45, 7) is 6.21. The topological polar surface area (TPSA) is 90.9 Å². The van der Waals surface area contributed by atoms with Crippen molar-refractivity contribution in [2.75, 3.05) is 0 Å². The predicted molar refractivity (Wildman–Crippen MR) is 116 cm³/mol. The molecule has 3 rings (SSSR count). The van der Waals surface area contributed by atoms with Gasteiger partial charge in [0.25, 0.3) is 5.56 Å². The van der Waals surface area contributed by atoms with E-state index in [1.54, 1.807) is 7.05 Å². The fourth-order valence-electron chi connectivity index (χ4n) is 3.71. The fourth-order valence-corrected chi connectivity index (χ4v) is 3.71. The first kappa shape index (κ1) is 21.5. The van der Waals surface area contributed by atoms with E-state index < -0.39 is 11.2 Å². The number of nitrogens with zero attached hydrogens (tertiary/aromatic N) is 4. The molecule has 0 aliphatic rings. The Morgan fingerprint density at radius 3 is 2.37 bits per heavy atom. The predicted octanol–water partition coefficient (Wildman–Crippen LogP) is 1.90. The lowest BCUT2D eigenvalue weighted by atomic mass is 9.94. The molecule has 1 amide bonds. The first-order valence-corrected chi connectivity index (χ1v) is 10.2. The standard InChI is InChI=1S/C22H29N5O3/c1-6-7-15-8-10-16(11-9-15)18(14(2)3)24-17(28)12-27-13-23-20-19(27)21(29)26(5)22(30)25(20)4/h8-11,13-14,18H,6-7,12H2,1-5H3,(H,24,28). The summed E-state index contributed by atoms with van der Waals surface area (Å²) in [4.78, 5) is 41.6. The normalized spacial score (nSPS) is 12.5. The molecule has 1 aromatic carbocycles. The zero-order valence-corrected chi connectivity index (χ0v) is 18.2. The summed E-state index contributed by atoms with van der Waals surface area (Å²) in [5, 5.41) is 3.08. The third kappa shape index (κ3) is 4.08. The smallest absolute Gasteiger partial charge is 0.332 e. The van der Waals surface area contributed by atoms with E-state index in [2.05, 4.69) is 55.3 Å². The number of aromatic nitrogens is 4. The Balaban J connectivity index is 1.85. The maximum Gasteiger partial charge on any atom is 0.332 e. The number of aryl methyl sites for hydroxylation is 2. The molecule has 0 fully saturated rings. The van der Waals surface area contributed by atoms with Crippen LogP contribution in [0.3, 0.4) is 0 Å². The SMILES string of the molecule is CCCc1ccc(C(NC(=O)Cn2cnc3c2c(=O)n(C)c(=O)n3C)C(C)C)cc1. The summed E-state index contributed by atoms with van der Waals surface area (Å²) < 4.78 is 3.82. The minimum atomic E-state index is -0.467. The van der Waals surface area contributed by atoms with Gasteiger partial charge in [-0.05, 0) is 23.5 Å². The number of hydrogen-bond acceptors (Lipinski definition) is 4. The van der Waals surface area contributed by atoms with Gasteiger partial charge in [0.2, 0.25) is 5.91 Å². The molecule has 0 aliphatic heterocycles. The third-order valence-corrected chi connectivity index (χ3v) is 5.39. The molecule has 8 nitrogen and oxygen atoms in total. The second-order valence-corrected chi connectivity index (χ2v) is 8.03. The summed E-state index contributed by atoms with van der Waals surface area (Å²) >= 11 is 0. The van der Waals surface area contributed by atoms with Gasteiger partial charge in [0.1, 0.15) is 6.54 Å². The maximum atomic E-state index is 12.8. The summed E-state index contributed by atoms with van der Waals surface area (Å²) in [5.74, 6) is -0.0271. The number of amides is 1. The van der Waals surface area contributed by atoms with E-state index in [1.807, 2.05) is 0 Å². The van der Waals surface area contributed by atoms with Gasteiger partial charge in [0.15, 0.2) is 11.2 Å². The van der Waals surface area contributed by atoms with Crippen LogP contribution < -0.4 is 16.6 Å². The van der Waals surface area contributed by atoms with Gasteiger partial charge in [-0.25, -0.2) is 9.78 Å². The molecule has 0 bridgehead atoms.